The second kappa shape index (κ2) is 9.03. The zero-order valence-electron chi connectivity index (χ0n) is 14.4. The predicted octanol–water partition coefficient (Wildman–Crippen LogP) is 3.95. The van der Waals surface area contributed by atoms with Gasteiger partial charge in [-0.1, -0.05) is 31.0 Å². The first-order valence-corrected chi connectivity index (χ1v) is 8.34. The molecule has 3 rings (SSSR count). The molecule has 2 aromatic rings. The van der Waals surface area contributed by atoms with Crippen LogP contribution in [0.2, 0.25) is 0 Å². The Morgan fingerprint density at radius 2 is 2.04 bits per heavy atom. The lowest BCUT2D eigenvalue weighted by atomic mass is 9.79. The van der Waals surface area contributed by atoms with Crippen LogP contribution in [0, 0.1) is 0 Å². The van der Waals surface area contributed by atoms with Crippen LogP contribution in [0.15, 0.2) is 53.7 Å². The minimum Gasteiger partial charge on any atom is -0.497 e. The molecule has 1 fully saturated rings. The number of anilines is 1. The van der Waals surface area contributed by atoms with Gasteiger partial charge in [0.2, 0.25) is 0 Å². The number of benzene rings is 1. The summed E-state index contributed by atoms with van der Waals surface area (Å²) in [5.74, 6) is 2.01. The minimum absolute atomic E-state index is 0. The average Bonchev–Trinajstić information content (AvgIpc) is 3.11. The highest BCUT2D eigenvalue weighted by Gasteiger charge is 2.35. The lowest BCUT2D eigenvalue weighted by Gasteiger charge is -2.28. The van der Waals surface area contributed by atoms with Gasteiger partial charge in [0, 0.05) is 11.6 Å². The highest BCUT2D eigenvalue weighted by molar-refractivity contribution is 14.0. The van der Waals surface area contributed by atoms with Crippen LogP contribution in [-0.4, -0.2) is 24.6 Å². The predicted molar refractivity (Wildman–Crippen MR) is 113 cm³/mol. The topological polar surface area (TPSA) is 72.5 Å². The Balaban J connectivity index is 0.00000225. The molecule has 6 heteroatoms. The molecule has 1 saturated carbocycles. The third kappa shape index (κ3) is 4.84. The number of aromatic nitrogens is 1. The van der Waals surface area contributed by atoms with Crippen molar-refractivity contribution in [1.82, 2.24) is 4.98 Å². The number of nitrogens with one attached hydrogen (secondary N) is 1. The Kier molecular flexibility index (Phi) is 7.04. The van der Waals surface area contributed by atoms with E-state index >= 15 is 0 Å². The van der Waals surface area contributed by atoms with Gasteiger partial charge in [0.25, 0.3) is 0 Å². The minimum atomic E-state index is 0. The first kappa shape index (κ1) is 19.5. The summed E-state index contributed by atoms with van der Waals surface area (Å²) in [4.78, 5) is 8.82. The molecule has 0 aliphatic heterocycles. The summed E-state index contributed by atoms with van der Waals surface area (Å²) >= 11 is 0. The van der Waals surface area contributed by atoms with E-state index in [1.165, 1.54) is 18.4 Å². The molecule has 1 aliphatic carbocycles. The van der Waals surface area contributed by atoms with Crippen molar-refractivity contribution in [3.63, 3.8) is 0 Å². The number of hydrogen-bond donors (Lipinski definition) is 2. The molecular weight excluding hydrogens is 427 g/mol. The fourth-order valence-electron chi connectivity index (χ4n) is 3.39. The average molecular weight is 452 g/mol. The van der Waals surface area contributed by atoms with E-state index in [2.05, 4.69) is 27.4 Å². The van der Waals surface area contributed by atoms with E-state index in [0.717, 1.165) is 18.6 Å². The fraction of sp³-hybridized carbons (Fsp3) is 0.368. The molecule has 0 saturated heterocycles. The number of ether oxygens (including phenoxy) is 1. The zero-order chi connectivity index (χ0) is 16.8. The molecule has 0 amide bonds. The van der Waals surface area contributed by atoms with E-state index < -0.39 is 0 Å². The van der Waals surface area contributed by atoms with Crippen LogP contribution in [0.4, 0.5) is 5.82 Å². The number of hydrogen-bond acceptors (Lipinski definition) is 3. The van der Waals surface area contributed by atoms with Crippen LogP contribution in [0.5, 0.6) is 5.75 Å². The maximum atomic E-state index is 6.05. The third-order valence-electron chi connectivity index (χ3n) is 4.72. The maximum Gasteiger partial charge on any atom is 0.194 e. The van der Waals surface area contributed by atoms with Gasteiger partial charge in [0.15, 0.2) is 5.96 Å². The highest BCUT2D eigenvalue weighted by Crippen LogP contribution is 2.42. The van der Waals surface area contributed by atoms with E-state index in [-0.39, 0.29) is 29.4 Å². The Morgan fingerprint density at radius 3 is 2.72 bits per heavy atom. The highest BCUT2D eigenvalue weighted by atomic mass is 127. The summed E-state index contributed by atoms with van der Waals surface area (Å²) in [5.41, 5.74) is 7.38. The molecule has 1 aromatic heterocycles. The maximum absolute atomic E-state index is 6.05. The molecule has 0 spiro atoms. The van der Waals surface area contributed by atoms with Crippen molar-refractivity contribution in [2.45, 2.75) is 31.1 Å². The first-order valence-electron chi connectivity index (χ1n) is 8.34. The number of nitrogens with two attached hydrogens (primary N) is 1. The van der Waals surface area contributed by atoms with Gasteiger partial charge in [-0.2, -0.15) is 0 Å². The molecule has 0 unspecified atom stereocenters. The van der Waals surface area contributed by atoms with E-state index in [1.807, 2.05) is 30.3 Å². The second-order valence-electron chi connectivity index (χ2n) is 6.26. The molecule has 134 valence electrons. The molecule has 25 heavy (non-hydrogen) atoms. The van der Waals surface area contributed by atoms with Gasteiger partial charge in [-0.25, -0.2) is 4.98 Å². The molecule has 5 nitrogen and oxygen atoms in total. The number of methoxy groups -OCH3 is 1. The Labute approximate surface area is 166 Å². The number of pyridine rings is 1. The Morgan fingerprint density at radius 1 is 1.24 bits per heavy atom. The standard InChI is InChI=1S/C19H24N4O.HI/c1-24-16-8-6-7-15(13-16)19(10-3-4-11-19)14-22-18(20)23-17-9-2-5-12-21-17;/h2,5-9,12-13H,3-4,10-11,14H2,1H3,(H3,20,21,22,23);1H. The Hall–Kier alpha value is -1.83. The molecule has 0 radical (unpaired) electrons. The van der Waals surface area contributed by atoms with Crippen molar-refractivity contribution < 1.29 is 4.74 Å². The number of rotatable bonds is 5. The van der Waals surface area contributed by atoms with Gasteiger partial charge in [-0.05, 0) is 42.7 Å². The van der Waals surface area contributed by atoms with Gasteiger partial charge in [0.05, 0.1) is 13.7 Å². The fourth-order valence-corrected chi connectivity index (χ4v) is 3.39. The van der Waals surface area contributed by atoms with Crippen LogP contribution in [0.1, 0.15) is 31.2 Å². The van der Waals surface area contributed by atoms with Crippen LogP contribution in [-0.2, 0) is 5.41 Å². The van der Waals surface area contributed by atoms with Crippen molar-refractivity contribution in [2.75, 3.05) is 19.0 Å². The van der Waals surface area contributed by atoms with Crippen LogP contribution in [0.3, 0.4) is 0 Å². The van der Waals surface area contributed by atoms with Crippen LogP contribution >= 0.6 is 24.0 Å². The summed E-state index contributed by atoms with van der Waals surface area (Å²) in [7, 11) is 1.70. The van der Waals surface area contributed by atoms with Gasteiger partial charge >= 0.3 is 0 Å². The number of guanidine groups is 1. The first-order chi connectivity index (χ1) is 11.7. The third-order valence-corrected chi connectivity index (χ3v) is 4.72. The molecule has 0 bridgehead atoms. The summed E-state index contributed by atoms with van der Waals surface area (Å²) in [5, 5.41) is 3.05. The van der Waals surface area contributed by atoms with E-state index in [1.54, 1.807) is 13.3 Å². The van der Waals surface area contributed by atoms with Crippen molar-refractivity contribution in [2.24, 2.45) is 10.7 Å². The zero-order valence-corrected chi connectivity index (χ0v) is 16.8. The van der Waals surface area contributed by atoms with Crippen molar-refractivity contribution in [1.29, 1.82) is 0 Å². The van der Waals surface area contributed by atoms with Crippen molar-refractivity contribution in [3.05, 3.63) is 54.2 Å². The summed E-state index contributed by atoms with van der Waals surface area (Å²) in [6.07, 6.45) is 6.42. The van der Waals surface area contributed by atoms with Gasteiger partial charge in [0.1, 0.15) is 11.6 Å². The van der Waals surface area contributed by atoms with Gasteiger partial charge in [-0.3, -0.25) is 4.99 Å². The molecule has 1 aliphatic rings. The van der Waals surface area contributed by atoms with Gasteiger partial charge in [-0.15, -0.1) is 24.0 Å². The van der Waals surface area contributed by atoms with E-state index in [0.29, 0.717) is 18.3 Å². The second-order valence-corrected chi connectivity index (χ2v) is 6.26. The Bertz CT molecular complexity index is 700. The summed E-state index contributed by atoms with van der Waals surface area (Å²) < 4.78 is 5.38. The largest absolute Gasteiger partial charge is 0.497 e. The SMILES string of the molecule is COc1cccc(C2(CN=C(N)Nc3ccccn3)CCCC2)c1.I. The van der Waals surface area contributed by atoms with Crippen LogP contribution < -0.4 is 15.8 Å². The lowest BCUT2D eigenvalue weighted by Crippen LogP contribution is -2.30. The lowest BCUT2D eigenvalue weighted by molar-refractivity contribution is 0.408. The van der Waals surface area contributed by atoms with E-state index in [4.69, 9.17) is 10.5 Å². The van der Waals surface area contributed by atoms with Crippen molar-refractivity contribution >= 4 is 35.8 Å². The molecule has 3 N–H and O–H groups in total. The van der Waals surface area contributed by atoms with Crippen LogP contribution in [0.25, 0.3) is 0 Å². The molecule has 1 heterocycles. The quantitative estimate of drug-likeness (QED) is 0.410. The number of aliphatic imine (C=N–C) groups is 1. The molecular formula is C19H25IN4O. The van der Waals surface area contributed by atoms with Crippen molar-refractivity contribution in [3.8, 4) is 5.75 Å². The monoisotopic (exact) mass is 452 g/mol. The normalized spacial score (nSPS) is 16.1. The number of nitrogens with zero attached hydrogens (tertiary/aromatic N) is 2. The molecule has 0 atom stereocenters. The smallest absolute Gasteiger partial charge is 0.194 e. The van der Waals surface area contributed by atoms with E-state index in [9.17, 15) is 0 Å². The summed E-state index contributed by atoms with van der Waals surface area (Å²) in [6, 6.07) is 14.0. The molecule has 1 aromatic carbocycles. The number of halogens is 1. The van der Waals surface area contributed by atoms with Gasteiger partial charge < -0.3 is 15.8 Å². The summed E-state index contributed by atoms with van der Waals surface area (Å²) in [6.45, 7) is 0.672.